The number of carbonyl (C=O) groups excluding carboxylic acids is 1. The zero-order valence-electron chi connectivity index (χ0n) is 18.5. The zero-order valence-corrected chi connectivity index (χ0v) is 18.5. The molecule has 5 aromatic rings. The van der Waals surface area contributed by atoms with Crippen LogP contribution in [0.3, 0.4) is 0 Å². The van der Waals surface area contributed by atoms with Gasteiger partial charge in [0, 0.05) is 12.1 Å². The van der Waals surface area contributed by atoms with Crippen LogP contribution in [0.4, 0.5) is 0 Å². The van der Waals surface area contributed by atoms with Crippen LogP contribution in [0, 0.1) is 6.92 Å². The van der Waals surface area contributed by atoms with Crippen molar-refractivity contribution in [2.75, 3.05) is 7.11 Å². The molecule has 0 bridgehead atoms. The first kappa shape index (κ1) is 20.7. The minimum absolute atomic E-state index is 0.337. The van der Waals surface area contributed by atoms with Crippen LogP contribution in [-0.2, 0) is 17.7 Å². The van der Waals surface area contributed by atoms with E-state index in [1.54, 1.807) is 12.1 Å². The SMILES string of the molecule is COC(=O)c1ccc(CCn2c(-c3nc4ccccc4o3)cnc2-c2ccc(C)cc2)cc1. The number of methoxy groups -OCH3 is 1. The van der Waals surface area contributed by atoms with Crippen LogP contribution in [-0.4, -0.2) is 27.6 Å². The van der Waals surface area contributed by atoms with Crippen LogP contribution >= 0.6 is 0 Å². The molecule has 5 rings (SSSR count). The molecule has 0 fully saturated rings. The molecule has 0 spiro atoms. The number of carbonyl (C=O) groups is 1. The summed E-state index contributed by atoms with van der Waals surface area (Å²) in [6.45, 7) is 2.74. The van der Waals surface area contributed by atoms with Crippen molar-refractivity contribution < 1.29 is 13.9 Å². The predicted octanol–water partition coefficient (Wildman–Crippen LogP) is 5.70. The first-order valence-corrected chi connectivity index (χ1v) is 10.8. The maximum atomic E-state index is 11.7. The Morgan fingerprint density at radius 2 is 1.76 bits per heavy atom. The fourth-order valence-electron chi connectivity index (χ4n) is 3.85. The van der Waals surface area contributed by atoms with Crippen LogP contribution in [0.5, 0.6) is 0 Å². The number of ether oxygens (including phenoxy) is 1. The molecular weight excluding hydrogens is 414 g/mol. The van der Waals surface area contributed by atoms with Gasteiger partial charge < -0.3 is 13.7 Å². The van der Waals surface area contributed by atoms with Gasteiger partial charge in [-0.25, -0.2) is 14.8 Å². The zero-order chi connectivity index (χ0) is 22.8. The van der Waals surface area contributed by atoms with Crippen LogP contribution < -0.4 is 0 Å². The van der Waals surface area contributed by atoms with Gasteiger partial charge in [0.1, 0.15) is 17.0 Å². The molecule has 0 atom stereocenters. The van der Waals surface area contributed by atoms with Gasteiger partial charge in [0.15, 0.2) is 5.58 Å². The van der Waals surface area contributed by atoms with E-state index in [1.165, 1.54) is 12.7 Å². The van der Waals surface area contributed by atoms with Gasteiger partial charge in [0.2, 0.25) is 5.89 Å². The van der Waals surface area contributed by atoms with Crippen molar-refractivity contribution in [3.05, 3.63) is 95.7 Å². The van der Waals surface area contributed by atoms with E-state index in [4.69, 9.17) is 14.1 Å². The molecule has 0 unspecified atom stereocenters. The fraction of sp³-hybridized carbons (Fsp3) is 0.148. The summed E-state index contributed by atoms with van der Waals surface area (Å²) in [5, 5.41) is 0. The van der Waals surface area contributed by atoms with E-state index in [9.17, 15) is 4.79 Å². The molecular formula is C27H23N3O3. The Morgan fingerprint density at radius 1 is 1.00 bits per heavy atom. The van der Waals surface area contributed by atoms with E-state index in [2.05, 4.69) is 40.7 Å². The van der Waals surface area contributed by atoms with Crippen molar-refractivity contribution in [3.63, 3.8) is 0 Å². The van der Waals surface area contributed by atoms with Crippen LogP contribution in [0.15, 0.2) is 83.4 Å². The number of hydrogen-bond donors (Lipinski definition) is 0. The molecule has 2 aromatic heterocycles. The Bertz CT molecular complexity index is 1380. The highest BCUT2D eigenvalue weighted by Crippen LogP contribution is 2.29. The average Bonchev–Trinajstić information content (AvgIpc) is 3.47. The standard InChI is InChI=1S/C27H23N3O3/c1-18-7-11-20(12-8-18)25-28-17-23(26-29-22-5-3-4-6-24(22)33-26)30(25)16-15-19-9-13-21(14-10-19)27(31)32-2/h3-14,17H,15-16H2,1-2H3. The molecule has 0 saturated heterocycles. The highest BCUT2D eigenvalue weighted by atomic mass is 16.5. The lowest BCUT2D eigenvalue weighted by Crippen LogP contribution is -2.06. The van der Waals surface area contributed by atoms with Crippen LogP contribution in [0.1, 0.15) is 21.5 Å². The third-order valence-electron chi connectivity index (χ3n) is 5.68. The number of hydrogen-bond acceptors (Lipinski definition) is 5. The molecule has 0 aliphatic rings. The molecule has 164 valence electrons. The number of aryl methyl sites for hydroxylation is 2. The lowest BCUT2D eigenvalue weighted by molar-refractivity contribution is 0.0600. The summed E-state index contributed by atoms with van der Waals surface area (Å²) in [5.74, 6) is 1.07. The summed E-state index contributed by atoms with van der Waals surface area (Å²) in [4.78, 5) is 21.1. The van der Waals surface area contributed by atoms with Gasteiger partial charge >= 0.3 is 5.97 Å². The van der Waals surface area contributed by atoms with Gasteiger partial charge in [-0.05, 0) is 43.2 Å². The maximum absolute atomic E-state index is 11.7. The topological polar surface area (TPSA) is 70.2 Å². The number of aromatic nitrogens is 3. The Labute approximate surface area is 191 Å². The number of fused-ring (bicyclic) bond motifs is 1. The number of benzene rings is 3. The smallest absolute Gasteiger partial charge is 0.337 e. The van der Waals surface area contributed by atoms with Gasteiger partial charge in [-0.2, -0.15) is 0 Å². The third kappa shape index (κ3) is 4.15. The lowest BCUT2D eigenvalue weighted by Gasteiger charge is -2.11. The van der Waals surface area contributed by atoms with Gasteiger partial charge in [-0.1, -0.05) is 54.1 Å². The molecule has 0 aliphatic heterocycles. The molecule has 6 nitrogen and oxygen atoms in total. The van der Waals surface area contributed by atoms with Crippen LogP contribution in [0.25, 0.3) is 34.1 Å². The fourth-order valence-corrected chi connectivity index (χ4v) is 3.85. The third-order valence-corrected chi connectivity index (χ3v) is 5.68. The number of nitrogens with zero attached hydrogens (tertiary/aromatic N) is 3. The molecule has 0 radical (unpaired) electrons. The number of oxazole rings is 1. The highest BCUT2D eigenvalue weighted by Gasteiger charge is 2.18. The van der Waals surface area contributed by atoms with Crippen molar-refractivity contribution in [1.29, 1.82) is 0 Å². The lowest BCUT2D eigenvalue weighted by atomic mass is 10.1. The minimum atomic E-state index is -0.337. The minimum Gasteiger partial charge on any atom is -0.465 e. The number of esters is 1. The van der Waals surface area contributed by atoms with E-state index >= 15 is 0 Å². The quantitative estimate of drug-likeness (QED) is 0.319. The Balaban J connectivity index is 1.51. The van der Waals surface area contributed by atoms with Crippen molar-refractivity contribution in [2.45, 2.75) is 19.9 Å². The summed E-state index contributed by atoms with van der Waals surface area (Å²) in [7, 11) is 1.38. The first-order valence-electron chi connectivity index (χ1n) is 10.8. The molecule has 0 amide bonds. The summed E-state index contributed by atoms with van der Waals surface area (Å²) < 4.78 is 13.0. The monoisotopic (exact) mass is 437 g/mol. The Kier molecular flexibility index (Phi) is 5.48. The van der Waals surface area contributed by atoms with E-state index in [0.717, 1.165) is 40.2 Å². The van der Waals surface area contributed by atoms with E-state index in [-0.39, 0.29) is 5.97 Å². The molecule has 6 heteroatoms. The maximum Gasteiger partial charge on any atom is 0.337 e. The molecule has 0 aliphatic carbocycles. The van der Waals surface area contributed by atoms with E-state index < -0.39 is 0 Å². The summed E-state index contributed by atoms with van der Waals surface area (Å²) in [5.41, 5.74) is 6.26. The second-order valence-corrected chi connectivity index (χ2v) is 7.91. The van der Waals surface area contributed by atoms with Gasteiger partial charge in [0.25, 0.3) is 0 Å². The highest BCUT2D eigenvalue weighted by molar-refractivity contribution is 5.89. The van der Waals surface area contributed by atoms with Gasteiger partial charge in [0.05, 0.1) is 18.9 Å². The van der Waals surface area contributed by atoms with Crippen molar-refractivity contribution in [1.82, 2.24) is 14.5 Å². The van der Waals surface area contributed by atoms with Crippen molar-refractivity contribution in [2.24, 2.45) is 0 Å². The number of para-hydroxylation sites is 2. The van der Waals surface area contributed by atoms with Crippen molar-refractivity contribution >= 4 is 17.1 Å². The number of imidazole rings is 1. The largest absolute Gasteiger partial charge is 0.465 e. The molecule has 2 heterocycles. The Hall–Kier alpha value is -4.19. The first-order chi connectivity index (χ1) is 16.1. The normalized spacial score (nSPS) is 11.1. The van der Waals surface area contributed by atoms with Crippen LogP contribution in [0.2, 0.25) is 0 Å². The molecule has 33 heavy (non-hydrogen) atoms. The number of rotatable bonds is 6. The second-order valence-electron chi connectivity index (χ2n) is 7.91. The molecule has 0 saturated carbocycles. The second kappa shape index (κ2) is 8.74. The van der Waals surface area contributed by atoms with E-state index in [1.807, 2.05) is 42.6 Å². The average molecular weight is 437 g/mol. The summed E-state index contributed by atoms with van der Waals surface area (Å²) in [6.07, 6.45) is 2.57. The predicted molar refractivity (Wildman–Crippen MR) is 127 cm³/mol. The molecule has 3 aromatic carbocycles. The van der Waals surface area contributed by atoms with E-state index in [0.29, 0.717) is 18.0 Å². The summed E-state index contributed by atoms with van der Waals surface area (Å²) in [6, 6.07) is 23.5. The summed E-state index contributed by atoms with van der Waals surface area (Å²) >= 11 is 0. The van der Waals surface area contributed by atoms with Gasteiger partial charge in [-0.3, -0.25) is 0 Å². The molecule has 0 N–H and O–H groups in total. The van der Waals surface area contributed by atoms with Gasteiger partial charge in [-0.15, -0.1) is 0 Å². The Morgan fingerprint density at radius 3 is 2.48 bits per heavy atom. The van der Waals surface area contributed by atoms with Crippen molar-refractivity contribution in [3.8, 4) is 23.0 Å².